The molecule has 1 aliphatic rings. The van der Waals surface area contributed by atoms with Crippen LogP contribution < -0.4 is 0 Å². The van der Waals surface area contributed by atoms with Crippen LogP contribution in [0.25, 0.3) is 6.08 Å². The van der Waals surface area contributed by atoms with E-state index < -0.39 is 5.97 Å². The molecule has 1 N–H and O–H groups in total. The van der Waals surface area contributed by atoms with Crippen LogP contribution in [0.5, 0.6) is 0 Å². The molecule has 0 radical (unpaired) electrons. The van der Waals surface area contributed by atoms with E-state index in [9.17, 15) is 9.59 Å². The molecule has 1 saturated heterocycles. The van der Waals surface area contributed by atoms with Crippen molar-refractivity contribution in [3.05, 3.63) is 28.0 Å². The van der Waals surface area contributed by atoms with Crippen LogP contribution in [0.2, 0.25) is 0 Å². The Balaban J connectivity index is 2.02. The number of carbonyl (C=O) groups excluding carboxylic acids is 1. The summed E-state index contributed by atoms with van der Waals surface area (Å²) >= 11 is 1.39. The third kappa shape index (κ3) is 3.44. The molecule has 1 aromatic heterocycles. The van der Waals surface area contributed by atoms with Gasteiger partial charge in [-0.05, 0) is 24.5 Å². The number of carboxylic acid groups (broad SMARTS) is 1. The number of carbonyl (C=O) groups is 2. The van der Waals surface area contributed by atoms with Crippen molar-refractivity contribution >= 4 is 29.3 Å². The summed E-state index contributed by atoms with van der Waals surface area (Å²) in [6.45, 7) is 3.82. The van der Waals surface area contributed by atoms with Crippen molar-refractivity contribution in [1.82, 2.24) is 4.90 Å². The Morgan fingerprint density at radius 2 is 2.37 bits per heavy atom. The molecule has 1 fully saturated rings. The van der Waals surface area contributed by atoms with Crippen molar-refractivity contribution < 1.29 is 14.7 Å². The first-order valence-corrected chi connectivity index (χ1v) is 7.27. The van der Waals surface area contributed by atoms with E-state index in [2.05, 4.69) is 6.92 Å². The number of aliphatic carboxylic acids is 1. The lowest BCUT2D eigenvalue weighted by Crippen LogP contribution is -2.28. The summed E-state index contributed by atoms with van der Waals surface area (Å²) in [5.74, 6) is -0.303. The van der Waals surface area contributed by atoms with Crippen LogP contribution >= 0.6 is 11.3 Å². The second-order valence-electron chi connectivity index (χ2n) is 4.72. The maximum atomic E-state index is 12.3. The lowest BCUT2D eigenvalue weighted by atomic mass is 10.1. The average Bonchev–Trinajstić information content (AvgIpc) is 3.04. The van der Waals surface area contributed by atoms with E-state index in [1.54, 1.807) is 11.4 Å². The van der Waals surface area contributed by atoms with Crippen LogP contribution in [0, 0.1) is 5.92 Å². The highest BCUT2D eigenvalue weighted by Crippen LogP contribution is 2.23. The first kappa shape index (κ1) is 13.8. The zero-order valence-corrected chi connectivity index (χ0v) is 11.7. The molecule has 5 heteroatoms. The highest BCUT2D eigenvalue weighted by molar-refractivity contribution is 7.11. The molecular formula is C14H17NO3S. The molecule has 0 saturated carbocycles. The normalized spacial score (nSPS) is 19.2. The lowest BCUT2D eigenvalue weighted by molar-refractivity contribution is -0.131. The number of hydrogen-bond donors (Lipinski definition) is 1. The summed E-state index contributed by atoms with van der Waals surface area (Å²) in [6, 6.07) is 1.76. The second-order valence-corrected chi connectivity index (χ2v) is 5.67. The molecule has 1 aromatic rings. The van der Waals surface area contributed by atoms with Crippen molar-refractivity contribution in [2.45, 2.75) is 19.8 Å². The SMILES string of the molecule is CCC1CCN(C(=O)c2csc(/C=C/C(=O)O)c2)C1. The number of nitrogens with zero attached hydrogens (tertiary/aromatic N) is 1. The molecule has 1 unspecified atom stereocenters. The molecule has 4 nitrogen and oxygen atoms in total. The molecule has 0 aliphatic carbocycles. The van der Waals surface area contributed by atoms with Gasteiger partial charge in [0, 0.05) is 29.4 Å². The van der Waals surface area contributed by atoms with Crippen molar-refractivity contribution in [3.8, 4) is 0 Å². The molecule has 2 rings (SSSR count). The Morgan fingerprint density at radius 1 is 1.58 bits per heavy atom. The van der Waals surface area contributed by atoms with E-state index >= 15 is 0 Å². The fraction of sp³-hybridized carbons (Fsp3) is 0.429. The number of hydrogen-bond acceptors (Lipinski definition) is 3. The van der Waals surface area contributed by atoms with Crippen LogP contribution in [-0.2, 0) is 4.79 Å². The van der Waals surface area contributed by atoms with Gasteiger partial charge >= 0.3 is 5.97 Å². The van der Waals surface area contributed by atoms with Gasteiger partial charge in [-0.15, -0.1) is 11.3 Å². The van der Waals surface area contributed by atoms with Crippen LogP contribution in [0.1, 0.15) is 35.0 Å². The lowest BCUT2D eigenvalue weighted by Gasteiger charge is -2.15. The van der Waals surface area contributed by atoms with Crippen molar-refractivity contribution in [1.29, 1.82) is 0 Å². The average molecular weight is 279 g/mol. The summed E-state index contributed by atoms with van der Waals surface area (Å²) < 4.78 is 0. The van der Waals surface area contributed by atoms with Crippen LogP contribution in [-0.4, -0.2) is 35.0 Å². The quantitative estimate of drug-likeness (QED) is 0.862. The summed E-state index contributed by atoms with van der Waals surface area (Å²) in [5, 5.41) is 10.4. The standard InChI is InChI=1S/C14H17NO3S/c1-2-10-5-6-15(8-10)14(18)11-7-12(19-9-11)3-4-13(16)17/h3-4,7,9-10H,2,5-6,8H2,1H3,(H,16,17)/b4-3+. The molecule has 0 spiro atoms. The molecule has 1 amide bonds. The van der Waals surface area contributed by atoms with Crippen LogP contribution in [0.3, 0.4) is 0 Å². The van der Waals surface area contributed by atoms with Crippen molar-refractivity contribution in [3.63, 3.8) is 0 Å². The second kappa shape index (κ2) is 6.02. The third-order valence-electron chi connectivity index (χ3n) is 3.41. The number of thiophene rings is 1. The predicted molar refractivity (Wildman–Crippen MR) is 75.3 cm³/mol. The topological polar surface area (TPSA) is 57.6 Å². The highest BCUT2D eigenvalue weighted by Gasteiger charge is 2.26. The third-order valence-corrected chi connectivity index (χ3v) is 4.31. The van der Waals surface area contributed by atoms with Crippen molar-refractivity contribution in [2.75, 3.05) is 13.1 Å². The summed E-state index contributed by atoms with van der Waals surface area (Å²) in [4.78, 5) is 25.4. The summed E-state index contributed by atoms with van der Waals surface area (Å²) in [6.07, 6.45) is 4.80. The molecule has 102 valence electrons. The molecular weight excluding hydrogens is 262 g/mol. The van der Waals surface area contributed by atoms with E-state index in [1.165, 1.54) is 17.4 Å². The van der Waals surface area contributed by atoms with Gasteiger partial charge < -0.3 is 10.0 Å². The smallest absolute Gasteiger partial charge is 0.328 e. The minimum atomic E-state index is -0.980. The van der Waals surface area contributed by atoms with E-state index in [0.29, 0.717) is 11.5 Å². The van der Waals surface area contributed by atoms with E-state index in [0.717, 1.165) is 36.9 Å². The van der Waals surface area contributed by atoms with Gasteiger partial charge in [-0.1, -0.05) is 13.3 Å². The van der Waals surface area contributed by atoms with Gasteiger partial charge in [-0.3, -0.25) is 4.79 Å². The van der Waals surface area contributed by atoms with Crippen LogP contribution in [0.15, 0.2) is 17.5 Å². The Hall–Kier alpha value is -1.62. The van der Waals surface area contributed by atoms with Gasteiger partial charge in [-0.25, -0.2) is 4.79 Å². The Bertz CT molecular complexity index is 507. The van der Waals surface area contributed by atoms with Gasteiger partial charge in [0.2, 0.25) is 0 Å². The van der Waals surface area contributed by atoms with E-state index in [-0.39, 0.29) is 5.91 Å². The van der Waals surface area contributed by atoms with Crippen LogP contribution in [0.4, 0.5) is 0 Å². The maximum Gasteiger partial charge on any atom is 0.328 e. The largest absolute Gasteiger partial charge is 0.478 e. The number of likely N-dealkylation sites (tertiary alicyclic amines) is 1. The minimum absolute atomic E-state index is 0.0576. The predicted octanol–water partition coefficient (Wildman–Crippen LogP) is 2.72. The highest BCUT2D eigenvalue weighted by atomic mass is 32.1. The number of rotatable bonds is 4. The molecule has 1 atom stereocenters. The summed E-state index contributed by atoms with van der Waals surface area (Å²) in [7, 11) is 0. The first-order valence-electron chi connectivity index (χ1n) is 6.39. The number of carboxylic acids is 1. The Morgan fingerprint density at radius 3 is 3.00 bits per heavy atom. The molecule has 1 aliphatic heterocycles. The molecule has 2 heterocycles. The van der Waals surface area contributed by atoms with E-state index in [4.69, 9.17) is 5.11 Å². The Labute approximate surface area is 116 Å². The van der Waals surface area contributed by atoms with E-state index in [1.807, 2.05) is 4.90 Å². The Kier molecular flexibility index (Phi) is 4.37. The minimum Gasteiger partial charge on any atom is -0.478 e. The van der Waals surface area contributed by atoms with Gasteiger partial charge in [-0.2, -0.15) is 0 Å². The van der Waals surface area contributed by atoms with Gasteiger partial charge in [0.15, 0.2) is 0 Å². The first-order chi connectivity index (χ1) is 9.10. The van der Waals surface area contributed by atoms with Crippen molar-refractivity contribution in [2.24, 2.45) is 5.92 Å². The fourth-order valence-corrected chi connectivity index (χ4v) is 3.01. The molecule has 19 heavy (non-hydrogen) atoms. The molecule has 0 bridgehead atoms. The fourth-order valence-electron chi connectivity index (χ4n) is 2.24. The zero-order chi connectivity index (χ0) is 13.8. The van der Waals surface area contributed by atoms with Gasteiger partial charge in [0.1, 0.15) is 0 Å². The van der Waals surface area contributed by atoms with Gasteiger partial charge in [0.05, 0.1) is 5.56 Å². The number of amides is 1. The monoisotopic (exact) mass is 279 g/mol. The molecule has 0 aromatic carbocycles. The summed E-state index contributed by atoms with van der Waals surface area (Å²) in [5.41, 5.74) is 0.659. The zero-order valence-electron chi connectivity index (χ0n) is 10.8. The maximum absolute atomic E-state index is 12.3. The van der Waals surface area contributed by atoms with Gasteiger partial charge in [0.25, 0.3) is 5.91 Å².